The van der Waals surface area contributed by atoms with Gasteiger partial charge in [0, 0.05) is 36.3 Å². The Morgan fingerprint density at radius 2 is 1.83 bits per heavy atom. The summed E-state index contributed by atoms with van der Waals surface area (Å²) in [4.78, 5) is 33.7. The van der Waals surface area contributed by atoms with E-state index >= 15 is 0 Å². The average Bonchev–Trinajstić information content (AvgIpc) is 3.35. The van der Waals surface area contributed by atoms with E-state index in [1.165, 1.54) is 11.1 Å². The molecule has 2 fully saturated rings. The van der Waals surface area contributed by atoms with Crippen LogP contribution >= 0.6 is 0 Å². The number of rotatable bonds is 6. The molecule has 2 aliphatic rings. The van der Waals surface area contributed by atoms with Gasteiger partial charge in [0.25, 0.3) is 5.91 Å². The van der Waals surface area contributed by atoms with Crippen molar-refractivity contribution >= 4 is 11.8 Å². The van der Waals surface area contributed by atoms with Gasteiger partial charge in [-0.1, -0.05) is 30.3 Å². The molecule has 2 aromatic carbocycles. The van der Waals surface area contributed by atoms with Crippen molar-refractivity contribution in [1.82, 2.24) is 19.7 Å². The van der Waals surface area contributed by atoms with E-state index in [0.29, 0.717) is 56.4 Å². The SMILES string of the molecule is Cc1cc(C)n(Cc2cccc(C(=O)N3CCC4(CCC(=O)N4OCc4ccccc4F)CC3)c2)n1. The molecule has 2 aliphatic heterocycles. The number of halogens is 1. The van der Waals surface area contributed by atoms with Crippen LogP contribution in [-0.4, -0.2) is 50.2 Å². The highest BCUT2D eigenvalue weighted by Gasteiger charge is 2.48. The van der Waals surface area contributed by atoms with Crippen LogP contribution in [-0.2, 0) is 22.8 Å². The number of aromatic nitrogens is 2. The molecule has 36 heavy (non-hydrogen) atoms. The molecule has 5 rings (SSSR count). The van der Waals surface area contributed by atoms with Crippen LogP contribution in [0.5, 0.6) is 0 Å². The molecule has 3 heterocycles. The van der Waals surface area contributed by atoms with Crippen LogP contribution < -0.4 is 0 Å². The maximum Gasteiger partial charge on any atom is 0.253 e. The first-order valence-electron chi connectivity index (χ1n) is 12.4. The van der Waals surface area contributed by atoms with E-state index < -0.39 is 5.54 Å². The third-order valence-corrected chi connectivity index (χ3v) is 7.36. The Hall–Kier alpha value is -3.52. The topological polar surface area (TPSA) is 67.7 Å². The quantitative estimate of drug-likeness (QED) is 0.513. The van der Waals surface area contributed by atoms with E-state index in [1.807, 2.05) is 53.8 Å². The molecule has 0 bridgehead atoms. The molecule has 2 amide bonds. The van der Waals surface area contributed by atoms with Crippen LogP contribution in [0.4, 0.5) is 4.39 Å². The van der Waals surface area contributed by atoms with E-state index in [-0.39, 0.29) is 24.2 Å². The third-order valence-electron chi connectivity index (χ3n) is 7.36. The lowest BCUT2D eigenvalue weighted by molar-refractivity contribution is -0.222. The second-order valence-corrected chi connectivity index (χ2v) is 9.85. The van der Waals surface area contributed by atoms with E-state index in [2.05, 4.69) is 5.10 Å². The van der Waals surface area contributed by atoms with Crippen molar-refractivity contribution in [3.05, 3.63) is 88.5 Å². The van der Waals surface area contributed by atoms with Crippen molar-refractivity contribution in [2.45, 2.75) is 58.2 Å². The Bertz CT molecular complexity index is 1280. The fraction of sp³-hybridized carbons (Fsp3) is 0.393. The molecule has 188 valence electrons. The number of carbonyl (C=O) groups is 2. The second kappa shape index (κ2) is 9.85. The zero-order valence-electron chi connectivity index (χ0n) is 20.7. The van der Waals surface area contributed by atoms with E-state index in [1.54, 1.807) is 18.2 Å². The normalized spacial score (nSPS) is 17.2. The van der Waals surface area contributed by atoms with Crippen LogP contribution in [0.1, 0.15) is 58.6 Å². The monoisotopic (exact) mass is 490 g/mol. The fourth-order valence-electron chi connectivity index (χ4n) is 5.34. The molecule has 0 saturated carbocycles. The summed E-state index contributed by atoms with van der Waals surface area (Å²) >= 11 is 0. The number of piperidine rings is 1. The number of amides is 2. The molecule has 2 saturated heterocycles. The van der Waals surface area contributed by atoms with Gasteiger partial charge in [0.15, 0.2) is 0 Å². The maximum absolute atomic E-state index is 14.0. The van der Waals surface area contributed by atoms with Gasteiger partial charge in [0.1, 0.15) is 12.4 Å². The second-order valence-electron chi connectivity index (χ2n) is 9.85. The van der Waals surface area contributed by atoms with Gasteiger partial charge in [-0.15, -0.1) is 0 Å². The van der Waals surface area contributed by atoms with Gasteiger partial charge < -0.3 is 4.90 Å². The molecular formula is C28H31FN4O3. The zero-order valence-corrected chi connectivity index (χ0v) is 20.7. The summed E-state index contributed by atoms with van der Waals surface area (Å²) in [6, 6.07) is 16.2. The molecule has 0 atom stereocenters. The smallest absolute Gasteiger partial charge is 0.253 e. The lowest BCUT2D eigenvalue weighted by Gasteiger charge is -2.43. The summed E-state index contributed by atoms with van der Waals surface area (Å²) in [5.41, 5.74) is 3.70. The van der Waals surface area contributed by atoms with E-state index in [0.717, 1.165) is 17.0 Å². The summed E-state index contributed by atoms with van der Waals surface area (Å²) in [5.74, 6) is -0.440. The Kier molecular flexibility index (Phi) is 6.62. The fourth-order valence-corrected chi connectivity index (χ4v) is 5.34. The third kappa shape index (κ3) is 4.78. The highest BCUT2D eigenvalue weighted by Crippen LogP contribution is 2.40. The van der Waals surface area contributed by atoms with Crippen LogP contribution in [0.3, 0.4) is 0 Å². The highest BCUT2D eigenvalue weighted by molar-refractivity contribution is 5.94. The highest BCUT2D eigenvalue weighted by atomic mass is 19.1. The number of hydrogen-bond acceptors (Lipinski definition) is 4. The number of nitrogens with zero attached hydrogens (tertiary/aromatic N) is 4. The first-order chi connectivity index (χ1) is 17.3. The Balaban J connectivity index is 1.23. The summed E-state index contributed by atoms with van der Waals surface area (Å²) in [6.07, 6.45) is 2.35. The minimum Gasteiger partial charge on any atom is -0.338 e. The van der Waals surface area contributed by atoms with Gasteiger partial charge in [-0.05, 0) is 62.9 Å². The summed E-state index contributed by atoms with van der Waals surface area (Å²) in [5, 5.41) is 5.99. The minimum absolute atomic E-state index is 0.00481. The first kappa shape index (κ1) is 24.2. The first-order valence-corrected chi connectivity index (χ1v) is 12.4. The van der Waals surface area contributed by atoms with Crippen molar-refractivity contribution in [3.63, 3.8) is 0 Å². The van der Waals surface area contributed by atoms with E-state index in [4.69, 9.17) is 4.84 Å². The largest absolute Gasteiger partial charge is 0.338 e. The van der Waals surface area contributed by atoms with Gasteiger partial charge >= 0.3 is 0 Å². The maximum atomic E-state index is 14.0. The summed E-state index contributed by atoms with van der Waals surface area (Å²) in [7, 11) is 0. The Labute approximate surface area is 210 Å². The predicted molar refractivity (Wildman–Crippen MR) is 132 cm³/mol. The summed E-state index contributed by atoms with van der Waals surface area (Å²) in [6.45, 7) is 5.68. The molecule has 8 heteroatoms. The number of likely N-dealkylation sites (tertiary alicyclic amines) is 1. The van der Waals surface area contributed by atoms with Gasteiger partial charge in [-0.2, -0.15) is 5.10 Å². The molecule has 0 radical (unpaired) electrons. The van der Waals surface area contributed by atoms with Gasteiger partial charge in [-0.3, -0.25) is 19.1 Å². The Morgan fingerprint density at radius 1 is 1.06 bits per heavy atom. The van der Waals surface area contributed by atoms with Crippen LogP contribution in [0.15, 0.2) is 54.6 Å². The predicted octanol–water partition coefficient (Wildman–Crippen LogP) is 4.42. The molecule has 3 aromatic rings. The van der Waals surface area contributed by atoms with E-state index in [9.17, 15) is 14.0 Å². The molecule has 0 unspecified atom stereocenters. The lowest BCUT2D eigenvalue weighted by atomic mass is 9.85. The van der Waals surface area contributed by atoms with Crippen LogP contribution in [0, 0.1) is 19.7 Å². The van der Waals surface area contributed by atoms with Crippen molar-refractivity contribution in [2.24, 2.45) is 0 Å². The van der Waals surface area contributed by atoms with Gasteiger partial charge in [0.05, 0.1) is 17.8 Å². The van der Waals surface area contributed by atoms with Crippen molar-refractivity contribution in [2.75, 3.05) is 13.1 Å². The van der Waals surface area contributed by atoms with Gasteiger partial charge in [-0.25, -0.2) is 9.45 Å². The van der Waals surface area contributed by atoms with Crippen molar-refractivity contribution in [1.29, 1.82) is 0 Å². The molecule has 0 N–H and O–H groups in total. The molecule has 1 aromatic heterocycles. The number of benzene rings is 2. The number of hydroxylamine groups is 2. The van der Waals surface area contributed by atoms with Crippen LogP contribution in [0.2, 0.25) is 0 Å². The number of hydrogen-bond donors (Lipinski definition) is 0. The number of carbonyl (C=O) groups excluding carboxylic acids is 2. The van der Waals surface area contributed by atoms with Crippen LogP contribution in [0.25, 0.3) is 0 Å². The Morgan fingerprint density at radius 3 is 2.56 bits per heavy atom. The van der Waals surface area contributed by atoms with Crippen molar-refractivity contribution in [3.8, 4) is 0 Å². The molecule has 1 spiro atoms. The standard InChI is InChI=1S/C28H31FN4O3/c1-20-16-21(2)32(30-20)18-22-6-5-8-23(17-22)27(35)31-14-12-28(13-15-31)11-10-26(34)33(28)36-19-24-7-3-4-9-25(24)29/h3-9,16-17H,10-15,18-19H2,1-2H3. The molecular weight excluding hydrogens is 459 g/mol. The minimum atomic E-state index is -0.448. The van der Waals surface area contributed by atoms with Crippen molar-refractivity contribution < 1.29 is 18.8 Å². The average molecular weight is 491 g/mol. The van der Waals surface area contributed by atoms with Gasteiger partial charge in [0.2, 0.25) is 5.91 Å². The summed E-state index contributed by atoms with van der Waals surface area (Å²) < 4.78 is 16.0. The lowest BCUT2D eigenvalue weighted by Crippen LogP contribution is -2.54. The zero-order chi connectivity index (χ0) is 25.3. The molecule has 7 nitrogen and oxygen atoms in total. The number of aryl methyl sites for hydroxylation is 2. The molecule has 0 aliphatic carbocycles.